The molecule has 0 aliphatic carbocycles. The molecule has 0 spiro atoms. The molecule has 26 heavy (non-hydrogen) atoms. The van der Waals surface area contributed by atoms with Gasteiger partial charge in [0.15, 0.2) is 0 Å². The molecule has 1 fully saturated rings. The van der Waals surface area contributed by atoms with E-state index in [4.69, 9.17) is 0 Å². The van der Waals surface area contributed by atoms with Crippen LogP contribution in [-0.4, -0.2) is 63.3 Å². The SMILES string of the molecule is CNCCC(=O)N1CCN(S(=O)(=O)c2c(C)c(C)c(C)c(C)c2C)CC1. The number of hydrogen-bond acceptors (Lipinski definition) is 4. The normalized spacial score (nSPS) is 16.2. The highest BCUT2D eigenvalue weighted by Crippen LogP contribution is 2.31. The summed E-state index contributed by atoms with van der Waals surface area (Å²) in [6.45, 7) is 12.0. The summed E-state index contributed by atoms with van der Waals surface area (Å²) in [5, 5.41) is 2.97. The van der Waals surface area contributed by atoms with Crippen LogP contribution in [0.1, 0.15) is 34.2 Å². The Balaban J connectivity index is 2.25. The third-order valence-electron chi connectivity index (χ3n) is 5.71. The van der Waals surface area contributed by atoms with Gasteiger partial charge in [-0.15, -0.1) is 0 Å². The van der Waals surface area contributed by atoms with Crippen molar-refractivity contribution in [3.05, 3.63) is 27.8 Å². The maximum absolute atomic E-state index is 13.3. The van der Waals surface area contributed by atoms with E-state index < -0.39 is 10.0 Å². The van der Waals surface area contributed by atoms with Gasteiger partial charge in [0.25, 0.3) is 0 Å². The largest absolute Gasteiger partial charge is 0.340 e. The minimum absolute atomic E-state index is 0.0748. The van der Waals surface area contributed by atoms with Crippen molar-refractivity contribution in [3.8, 4) is 0 Å². The molecule has 1 aromatic rings. The van der Waals surface area contributed by atoms with Crippen molar-refractivity contribution in [2.75, 3.05) is 39.8 Å². The van der Waals surface area contributed by atoms with E-state index in [-0.39, 0.29) is 5.91 Å². The summed E-state index contributed by atoms with van der Waals surface area (Å²) in [5.41, 5.74) is 4.88. The highest BCUT2D eigenvalue weighted by Gasteiger charge is 2.33. The number of amides is 1. The number of carbonyl (C=O) groups excluding carboxylic acids is 1. The number of hydrogen-bond donors (Lipinski definition) is 1. The van der Waals surface area contributed by atoms with Gasteiger partial charge in [0, 0.05) is 39.1 Å². The van der Waals surface area contributed by atoms with Gasteiger partial charge in [0.1, 0.15) is 0 Å². The molecule has 1 heterocycles. The van der Waals surface area contributed by atoms with Crippen molar-refractivity contribution in [1.82, 2.24) is 14.5 Å². The molecule has 1 N–H and O–H groups in total. The number of rotatable bonds is 5. The molecule has 1 amide bonds. The van der Waals surface area contributed by atoms with Crippen LogP contribution in [0.15, 0.2) is 4.90 Å². The van der Waals surface area contributed by atoms with Crippen molar-refractivity contribution >= 4 is 15.9 Å². The van der Waals surface area contributed by atoms with Crippen molar-refractivity contribution in [2.24, 2.45) is 0 Å². The fraction of sp³-hybridized carbons (Fsp3) is 0.632. The Morgan fingerprint density at radius 2 is 1.35 bits per heavy atom. The number of benzene rings is 1. The van der Waals surface area contributed by atoms with Gasteiger partial charge < -0.3 is 10.2 Å². The van der Waals surface area contributed by atoms with Gasteiger partial charge in [0.05, 0.1) is 4.90 Å². The van der Waals surface area contributed by atoms with Gasteiger partial charge in [-0.05, 0) is 69.5 Å². The molecule has 6 nitrogen and oxygen atoms in total. The molecule has 0 atom stereocenters. The second-order valence-electron chi connectivity index (χ2n) is 7.09. The average molecular weight is 382 g/mol. The molecule has 0 aromatic heterocycles. The molecule has 1 aromatic carbocycles. The van der Waals surface area contributed by atoms with Crippen LogP contribution in [0.3, 0.4) is 0 Å². The van der Waals surface area contributed by atoms with E-state index in [0.29, 0.717) is 44.0 Å². The van der Waals surface area contributed by atoms with Crippen LogP contribution in [-0.2, 0) is 14.8 Å². The van der Waals surface area contributed by atoms with Crippen molar-refractivity contribution in [2.45, 2.75) is 45.9 Å². The first-order valence-corrected chi connectivity index (χ1v) is 10.6. The van der Waals surface area contributed by atoms with Crippen LogP contribution in [0.25, 0.3) is 0 Å². The third kappa shape index (κ3) is 3.80. The highest BCUT2D eigenvalue weighted by molar-refractivity contribution is 7.89. The van der Waals surface area contributed by atoms with Crippen LogP contribution in [0, 0.1) is 34.6 Å². The molecule has 0 bridgehead atoms. The minimum Gasteiger partial charge on any atom is -0.340 e. The van der Waals surface area contributed by atoms with Crippen LogP contribution < -0.4 is 5.32 Å². The second-order valence-corrected chi connectivity index (χ2v) is 8.97. The van der Waals surface area contributed by atoms with E-state index in [1.165, 1.54) is 4.31 Å². The number of nitrogens with one attached hydrogen (secondary N) is 1. The van der Waals surface area contributed by atoms with Crippen LogP contribution in [0.2, 0.25) is 0 Å². The monoisotopic (exact) mass is 381 g/mol. The Bertz CT molecular complexity index is 766. The molecule has 0 radical (unpaired) electrons. The predicted octanol–water partition coefficient (Wildman–Crippen LogP) is 1.67. The van der Waals surface area contributed by atoms with Crippen molar-refractivity contribution < 1.29 is 13.2 Å². The van der Waals surface area contributed by atoms with Crippen LogP contribution in [0.4, 0.5) is 0 Å². The molecule has 1 aliphatic rings. The number of carbonyl (C=O) groups is 1. The summed E-state index contributed by atoms with van der Waals surface area (Å²) in [4.78, 5) is 14.3. The quantitative estimate of drug-likeness (QED) is 0.842. The summed E-state index contributed by atoms with van der Waals surface area (Å²) in [5.74, 6) is 0.0748. The summed E-state index contributed by atoms with van der Waals surface area (Å²) < 4.78 is 28.1. The molecular weight excluding hydrogens is 350 g/mol. The highest BCUT2D eigenvalue weighted by atomic mass is 32.2. The van der Waals surface area contributed by atoms with Gasteiger partial charge in [-0.2, -0.15) is 4.31 Å². The van der Waals surface area contributed by atoms with E-state index in [1.807, 2.05) is 41.7 Å². The number of nitrogens with zero attached hydrogens (tertiary/aromatic N) is 2. The number of sulfonamides is 1. The van der Waals surface area contributed by atoms with Gasteiger partial charge in [-0.25, -0.2) is 8.42 Å². The predicted molar refractivity (Wildman–Crippen MR) is 104 cm³/mol. The van der Waals surface area contributed by atoms with E-state index in [9.17, 15) is 13.2 Å². The molecule has 146 valence electrons. The van der Waals surface area contributed by atoms with Crippen LogP contribution in [0.5, 0.6) is 0 Å². The molecule has 1 aliphatic heterocycles. The average Bonchev–Trinajstić information content (AvgIpc) is 2.62. The first kappa shape index (κ1) is 20.9. The topological polar surface area (TPSA) is 69.7 Å². The fourth-order valence-electron chi connectivity index (χ4n) is 3.55. The first-order valence-electron chi connectivity index (χ1n) is 9.12. The lowest BCUT2D eigenvalue weighted by atomic mass is 9.95. The van der Waals surface area contributed by atoms with Gasteiger partial charge in [0.2, 0.25) is 15.9 Å². The van der Waals surface area contributed by atoms with Gasteiger partial charge in [-0.3, -0.25) is 4.79 Å². The van der Waals surface area contributed by atoms with Gasteiger partial charge >= 0.3 is 0 Å². The van der Waals surface area contributed by atoms with E-state index >= 15 is 0 Å². The van der Waals surface area contributed by atoms with E-state index in [2.05, 4.69) is 5.32 Å². The molecule has 0 unspecified atom stereocenters. The summed E-state index contributed by atoms with van der Waals surface area (Å²) in [7, 11) is -1.75. The van der Waals surface area contributed by atoms with Crippen molar-refractivity contribution in [3.63, 3.8) is 0 Å². The Hall–Kier alpha value is -1.44. The first-order chi connectivity index (χ1) is 12.1. The summed E-state index contributed by atoms with van der Waals surface area (Å²) in [6.07, 6.45) is 0.442. The number of piperazine rings is 1. The van der Waals surface area contributed by atoms with E-state index in [1.54, 1.807) is 4.90 Å². The van der Waals surface area contributed by atoms with E-state index in [0.717, 1.165) is 27.8 Å². The molecule has 7 heteroatoms. The lowest BCUT2D eigenvalue weighted by molar-refractivity contribution is -0.132. The van der Waals surface area contributed by atoms with Crippen molar-refractivity contribution in [1.29, 1.82) is 0 Å². The Labute approximate surface area is 157 Å². The minimum atomic E-state index is -3.57. The molecule has 1 saturated heterocycles. The third-order valence-corrected chi connectivity index (χ3v) is 7.88. The zero-order chi connectivity index (χ0) is 19.6. The second kappa shape index (κ2) is 8.06. The zero-order valence-electron chi connectivity index (χ0n) is 16.8. The maximum Gasteiger partial charge on any atom is 0.243 e. The maximum atomic E-state index is 13.3. The van der Waals surface area contributed by atoms with Gasteiger partial charge in [-0.1, -0.05) is 0 Å². The van der Waals surface area contributed by atoms with Crippen LogP contribution >= 0.6 is 0 Å². The Morgan fingerprint density at radius 3 is 1.81 bits per heavy atom. The lowest BCUT2D eigenvalue weighted by Gasteiger charge is -2.35. The lowest BCUT2D eigenvalue weighted by Crippen LogP contribution is -2.51. The zero-order valence-corrected chi connectivity index (χ0v) is 17.6. The smallest absolute Gasteiger partial charge is 0.243 e. The summed E-state index contributed by atoms with van der Waals surface area (Å²) in [6, 6.07) is 0. The Kier molecular flexibility index (Phi) is 6.47. The molecule has 0 saturated carbocycles. The summed E-state index contributed by atoms with van der Waals surface area (Å²) >= 11 is 0. The molecular formula is C19H31N3O3S. The standard InChI is InChI=1S/C19H31N3O3S/c1-13-14(2)16(4)19(17(5)15(13)3)26(24,25)22-11-9-21(10-12-22)18(23)7-8-20-6/h20H,7-12H2,1-6H3. The fourth-order valence-corrected chi connectivity index (χ4v) is 5.53. The molecule has 2 rings (SSSR count). The Morgan fingerprint density at radius 1 is 0.885 bits per heavy atom.